The Morgan fingerprint density at radius 2 is 2.36 bits per heavy atom. The fourth-order valence-electron chi connectivity index (χ4n) is 2.04. The van der Waals surface area contributed by atoms with Crippen LogP contribution in [0.4, 0.5) is 5.69 Å². The van der Waals surface area contributed by atoms with Gasteiger partial charge in [-0.15, -0.1) is 0 Å². The molecule has 2 N–H and O–H groups in total. The van der Waals surface area contributed by atoms with Crippen LogP contribution in [0.5, 0.6) is 0 Å². The Kier molecular flexibility index (Phi) is 2.70. The minimum Gasteiger partial charge on any atom is -0.374 e. The summed E-state index contributed by atoms with van der Waals surface area (Å²) >= 11 is 0. The van der Waals surface area contributed by atoms with Crippen molar-refractivity contribution in [2.45, 2.75) is 19.4 Å². The molecule has 0 aromatic heterocycles. The summed E-state index contributed by atoms with van der Waals surface area (Å²) in [6.07, 6.45) is 2.37. The van der Waals surface area contributed by atoms with Crippen molar-refractivity contribution >= 4 is 5.69 Å². The molecular weight excluding hydrogens is 176 g/mol. The molecule has 0 aliphatic carbocycles. The topological polar surface area (TPSA) is 35.5 Å². The van der Waals surface area contributed by atoms with E-state index in [4.69, 9.17) is 5.21 Å². The predicted octanol–water partition coefficient (Wildman–Crippen LogP) is 1.55. The molecule has 0 saturated heterocycles. The molecule has 0 unspecified atom stereocenters. The predicted molar refractivity (Wildman–Crippen MR) is 56.7 cm³/mol. The van der Waals surface area contributed by atoms with E-state index < -0.39 is 0 Å². The zero-order chi connectivity index (χ0) is 9.97. The van der Waals surface area contributed by atoms with Gasteiger partial charge in [0, 0.05) is 25.8 Å². The molecule has 0 fully saturated rings. The number of hydroxylamine groups is 1. The van der Waals surface area contributed by atoms with Crippen molar-refractivity contribution in [3.05, 3.63) is 29.3 Å². The fourth-order valence-corrected chi connectivity index (χ4v) is 2.04. The Labute approximate surface area is 84.3 Å². The van der Waals surface area contributed by atoms with Crippen molar-refractivity contribution in [1.29, 1.82) is 0 Å². The highest BCUT2D eigenvalue weighted by Crippen LogP contribution is 2.26. The minimum atomic E-state index is 0.525. The summed E-state index contributed by atoms with van der Waals surface area (Å²) in [6.45, 7) is 1.67. The van der Waals surface area contributed by atoms with Gasteiger partial charge in [0.1, 0.15) is 0 Å². The molecule has 3 nitrogen and oxygen atoms in total. The van der Waals surface area contributed by atoms with Crippen molar-refractivity contribution in [1.82, 2.24) is 5.48 Å². The average molecular weight is 192 g/mol. The van der Waals surface area contributed by atoms with Crippen LogP contribution in [0.1, 0.15) is 17.5 Å². The highest BCUT2D eigenvalue weighted by Gasteiger charge is 2.13. The van der Waals surface area contributed by atoms with Gasteiger partial charge < -0.3 is 10.1 Å². The zero-order valence-electron chi connectivity index (χ0n) is 8.45. The Morgan fingerprint density at radius 3 is 3.14 bits per heavy atom. The molecule has 0 bridgehead atoms. The third-order valence-corrected chi connectivity index (χ3v) is 2.78. The number of anilines is 1. The Morgan fingerprint density at radius 1 is 1.50 bits per heavy atom. The van der Waals surface area contributed by atoms with E-state index in [2.05, 4.69) is 35.6 Å². The number of aryl methyl sites for hydroxylation is 1. The van der Waals surface area contributed by atoms with Crippen molar-refractivity contribution in [2.75, 3.05) is 18.5 Å². The zero-order valence-corrected chi connectivity index (χ0v) is 8.45. The van der Waals surface area contributed by atoms with Crippen LogP contribution < -0.4 is 10.4 Å². The molecule has 1 aliphatic rings. The molecule has 1 aromatic carbocycles. The third kappa shape index (κ3) is 1.74. The van der Waals surface area contributed by atoms with Crippen LogP contribution in [0.3, 0.4) is 0 Å². The summed E-state index contributed by atoms with van der Waals surface area (Å²) in [7, 11) is 2.13. The molecule has 0 saturated carbocycles. The lowest BCUT2D eigenvalue weighted by Gasteiger charge is -2.27. The normalized spacial score (nSPS) is 15.4. The maximum atomic E-state index is 8.62. The second-order valence-electron chi connectivity index (χ2n) is 3.82. The number of hydrogen-bond acceptors (Lipinski definition) is 3. The highest BCUT2D eigenvalue weighted by molar-refractivity contribution is 5.56. The Bertz CT molecular complexity index is 325. The highest BCUT2D eigenvalue weighted by atomic mass is 16.5. The molecule has 2 rings (SSSR count). The van der Waals surface area contributed by atoms with Gasteiger partial charge in [-0.05, 0) is 30.0 Å². The number of nitrogens with one attached hydrogen (secondary N) is 1. The van der Waals surface area contributed by atoms with Gasteiger partial charge in [0.2, 0.25) is 0 Å². The molecule has 1 aliphatic heterocycles. The molecule has 3 heteroatoms. The van der Waals surface area contributed by atoms with Crippen LogP contribution in [-0.2, 0) is 13.0 Å². The second kappa shape index (κ2) is 3.98. The van der Waals surface area contributed by atoms with E-state index in [1.807, 2.05) is 0 Å². The lowest BCUT2D eigenvalue weighted by molar-refractivity contribution is 0.161. The number of fused-ring (bicyclic) bond motifs is 1. The van der Waals surface area contributed by atoms with Gasteiger partial charge >= 0.3 is 0 Å². The van der Waals surface area contributed by atoms with Crippen molar-refractivity contribution in [3.8, 4) is 0 Å². The molecule has 76 valence electrons. The van der Waals surface area contributed by atoms with Crippen LogP contribution in [0.15, 0.2) is 18.2 Å². The van der Waals surface area contributed by atoms with Crippen molar-refractivity contribution in [2.24, 2.45) is 0 Å². The first-order valence-electron chi connectivity index (χ1n) is 5.01. The summed E-state index contributed by atoms with van der Waals surface area (Å²) in [6, 6.07) is 6.37. The van der Waals surface area contributed by atoms with E-state index in [1.165, 1.54) is 17.7 Å². The number of rotatable bonds is 2. The first-order valence-corrected chi connectivity index (χ1v) is 5.01. The SMILES string of the molecule is CN1CCCc2cc(CNO)ccc21. The van der Waals surface area contributed by atoms with Crippen LogP contribution in [0.25, 0.3) is 0 Å². The van der Waals surface area contributed by atoms with E-state index in [-0.39, 0.29) is 0 Å². The number of hydrogen-bond donors (Lipinski definition) is 2. The Hall–Kier alpha value is -1.06. The summed E-state index contributed by atoms with van der Waals surface area (Å²) in [5, 5.41) is 8.62. The number of nitrogens with zero attached hydrogens (tertiary/aromatic N) is 1. The summed E-state index contributed by atoms with van der Waals surface area (Å²) in [5.74, 6) is 0. The Balaban J connectivity index is 2.29. The fraction of sp³-hybridized carbons (Fsp3) is 0.455. The molecule has 0 atom stereocenters. The largest absolute Gasteiger partial charge is 0.374 e. The maximum Gasteiger partial charge on any atom is 0.0458 e. The smallest absolute Gasteiger partial charge is 0.0458 e. The van der Waals surface area contributed by atoms with Crippen molar-refractivity contribution in [3.63, 3.8) is 0 Å². The van der Waals surface area contributed by atoms with Gasteiger partial charge in [-0.1, -0.05) is 12.1 Å². The van der Waals surface area contributed by atoms with E-state index >= 15 is 0 Å². The van der Waals surface area contributed by atoms with Crippen molar-refractivity contribution < 1.29 is 5.21 Å². The monoisotopic (exact) mass is 192 g/mol. The quantitative estimate of drug-likeness (QED) is 0.698. The lowest BCUT2D eigenvalue weighted by Crippen LogP contribution is -2.24. The van der Waals surface area contributed by atoms with E-state index in [1.54, 1.807) is 0 Å². The summed E-state index contributed by atoms with van der Waals surface area (Å²) in [4.78, 5) is 2.29. The molecule has 14 heavy (non-hydrogen) atoms. The van der Waals surface area contributed by atoms with Gasteiger partial charge in [0.25, 0.3) is 0 Å². The number of benzene rings is 1. The molecular formula is C11H16N2O. The standard InChI is InChI=1S/C11H16N2O/c1-13-6-2-3-10-7-9(8-12-14)4-5-11(10)13/h4-5,7,12,14H,2-3,6,8H2,1H3. The van der Waals surface area contributed by atoms with E-state index in [9.17, 15) is 0 Å². The van der Waals surface area contributed by atoms with Gasteiger partial charge in [0.15, 0.2) is 0 Å². The molecule has 0 amide bonds. The van der Waals surface area contributed by atoms with E-state index in [0.717, 1.165) is 18.5 Å². The van der Waals surface area contributed by atoms with Crippen LogP contribution in [0, 0.1) is 0 Å². The maximum absolute atomic E-state index is 8.62. The molecule has 1 aromatic rings. The molecule has 0 radical (unpaired) electrons. The first-order chi connectivity index (χ1) is 6.81. The average Bonchev–Trinajstić information content (AvgIpc) is 2.18. The minimum absolute atomic E-state index is 0.525. The van der Waals surface area contributed by atoms with Gasteiger partial charge in [-0.25, -0.2) is 5.48 Å². The lowest BCUT2D eigenvalue weighted by atomic mass is 10.00. The van der Waals surface area contributed by atoms with Gasteiger partial charge in [-0.3, -0.25) is 0 Å². The molecule has 0 spiro atoms. The van der Waals surface area contributed by atoms with Crippen LogP contribution in [-0.4, -0.2) is 18.8 Å². The van der Waals surface area contributed by atoms with Crippen LogP contribution >= 0.6 is 0 Å². The second-order valence-corrected chi connectivity index (χ2v) is 3.82. The van der Waals surface area contributed by atoms with E-state index in [0.29, 0.717) is 6.54 Å². The van der Waals surface area contributed by atoms with Crippen LogP contribution in [0.2, 0.25) is 0 Å². The first kappa shape index (κ1) is 9.49. The summed E-state index contributed by atoms with van der Waals surface area (Å²) in [5.41, 5.74) is 6.06. The van der Waals surface area contributed by atoms with Gasteiger partial charge in [-0.2, -0.15) is 0 Å². The van der Waals surface area contributed by atoms with Gasteiger partial charge in [0.05, 0.1) is 0 Å². The summed E-state index contributed by atoms with van der Waals surface area (Å²) < 4.78 is 0. The molecule has 1 heterocycles. The third-order valence-electron chi connectivity index (χ3n) is 2.78.